The van der Waals surface area contributed by atoms with Crippen LogP contribution in [0.3, 0.4) is 0 Å². The van der Waals surface area contributed by atoms with Gasteiger partial charge in [0.1, 0.15) is 16.9 Å². The number of anilines is 2. The Bertz CT molecular complexity index is 2490. The van der Waals surface area contributed by atoms with Gasteiger partial charge in [0, 0.05) is 56.0 Å². The molecule has 5 heterocycles. The third-order valence-corrected chi connectivity index (χ3v) is 11.7. The second-order valence-electron chi connectivity index (χ2n) is 14.4. The topological polar surface area (TPSA) is 156 Å². The number of nitrogens with one attached hydrogen (secondary N) is 3. The highest BCUT2D eigenvalue weighted by molar-refractivity contribution is 6.39. The number of methoxy groups -OCH3 is 1. The number of carbonyl (C=O) groups is 1. The predicted molar refractivity (Wildman–Crippen MR) is 216 cm³/mol. The summed E-state index contributed by atoms with van der Waals surface area (Å²) in [5.74, 6) is 0.433. The zero-order valence-corrected chi connectivity index (χ0v) is 33.1. The number of aliphatic hydroxyl groups excluding tert-OH is 1. The first-order valence-corrected chi connectivity index (χ1v) is 19.3. The number of urea groups is 1. The maximum Gasteiger partial charge on any atom is 0.330 e. The Morgan fingerprint density at radius 3 is 2.40 bits per heavy atom. The van der Waals surface area contributed by atoms with Gasteiger partial charge < -0.3 is 30.7 Å². The molecule has 2 aromatic carbocycles. The first-order valence-electron chi connectivity index (χ1n) is 18.6. The largest absolute Gasteiger partial charge is 0.481 e. The van der Waals surface area contributed by atoms with Crippen LogP contribution >= 0.6 is 23.2 Å². The molecule has 17 heteroatoms. The van der Waals surface area contributed by atoms with Crippen LogP contribution in [0.25, 0.3) is 33.3 Å². The van der Waals surface area contributed by atoms with Gasteiger partial charge in [0.15, 0.2) is 0 Å². The third-order valence-electron chi connectivity index (χ3n) is 10.9. The van der Waals surface area contributed by atoms with Crippen molar-refractivity contribution in [2.75, 3.05) is 45.2 Å². The number of β-amino-alcohol motifs (C(OH)–C–C–N with tert-alkyl or cyclic N) is 1. The number of pyridine rings is 2. The molecule has 8 rings (SSSR count). The summed E-state index contributed by atoms with van der Waals surface area (Å²) < 4.78 is 35.2. The molecule has 1 spiro atoms. The highest BCUT2D eigenvalue weighted by Crippen LogP contribution is 2.43. The number of hydrogen-bond donors (Lipinski definition) is 4. The van der Waals surface area contributed by atoms with E-state index >= 15 is 0 Å². The smallest absolute Gasteiger partial charge is 0.330 e. The lowest BCUT2D eigenvalue weighted by Crippen LogP contribution is -2.61. The average molecular weight is 824 g/mol. The molecule has 13 nitrogen and oxygen atoms in total. The Morgan fingerprint density at radius 2 is 1.72 bits per heavy atom. The fourth-order valence-electron chi connectivity index (χ4n) is 7.78. The minimum atomic E-state index is -2.95. The van der Waals surface area contributed by atoms with Crippen molar-refractivity contribution >= 4 is 51.6 Å². The van der Waals surface area contributed by atoms with E-state index in [4.69, 9.17) is 38.0 Å². The number of fused-ring (bicyclic) bond motifs is 2. The summed E-state index contributed by atoms with van der Waals surface area (Å²) in [5, 5.41) is 18.6. The average Bonchev–Trinajstić information content (AvgIpc) is 3.88. The quantitative estimate of drug-likeness (QED) is 0.148. The van der Waals surface area contributed by atoms with Gasteiger partial charge in [-0.25, -0.2) is 28.3 Å². The molecule has 4 N–H and O–H groups in total. The first kappa shape index (κ1) is 40.1. The number of carbonyl (C=O) groups excluding carboxylic acids is 1. The molecule has 2 saturated heterocycles. The third kappa shape index (κ3) is 7.68. The van der Waals surface area contributed by atoms with E-state index in [1.807, 2.05) is 24.3 Å². The van der Waals surface area contributed by atoms with Crippen LogP contribution in [0.2, 0.25) is 10.0 Å². The molecule has 2 amide bonds. The monoisotopic (exact) mass is 822 g/mol. The second-order valence-corrected chi connectivity index (χ2v) is 15.1. The Kier molecular flexibility index (Phi) is 11.5. The summed E-state index contributed by atoms with van der Waals surface area (Å²) in [6.07, 6.45) is 1.94. The first-order chi connectivity index (χ1) is 27.4. The molecule has 2 fully saturated rings. The number of hydrogen-bond acceptors (Lipinski definition) is 9. The number of aryl methyl sites for hydroxylation is 2. The van der Waals surface area contributed by atoms with Crippen LogP contribution in [0, 0.1) is 0 Å². The van der Waals surface area contributed by atoms with Crippen LogP contribution < -0.4 is 31.9 Å². The van der Waals surface area contributed by atoms with E-state index in [1.54, 1.807) is 30.2 Å². The van der Waals surface area contributed by atoms with E-state index in [9.17, 15) is 23.2 Å². The van der Waals surface area contributed by atoms with Crippen LogP contribution in [-0.4, -0.2) is 80.6 Å². The van der Waals surface area contributed by atoms with E-state index in [0.29, 0.717) is 45.5 Å². The SMILES string of the molecule is COc1nc(-c2cccc(-c3cccc(Nc4nc(C(F)F)cc5c4c(=O)n(C)c(=O)n5C)c3Cl)c2Cl)cc2c1CCC2.O=C1NC2(CCNC2)CCN1CCO. The molecule has 3 aliphatic rings. The molecular formula is C40H42Cl2F2N8O5. The predicted octanol–water partition coefficient (Wildman–Crippen LogP) is 5.97. The Balaban J connectivity index is 0.000000297. The summed E-state index contributed by atoms with van der Waals surface area (Å²) in [5.41, 5.74) is 3.22. The molecule has 57 heavy (non-hydrogen) atoms. The Morgan fingerprint density at radius 1 is 0.982 bits per heavy atom. The molecule has 0 saturated carbocycles. The minimum absolute atomic E-state index is 0.0109. The molecule has 300 valence electrons. The standard InChI is InChI=1S/C31H25Cl2F2N5O3.C9H17N3O2/c1-39-23-14-22(27(34)35)37-28(24(23)30(41)40(2)31(39)42)36-20-12-6-10-18(26(20)33)17-9-5-11-19(25(17)32)21-13-15-7-4-8-16(15)29(38-21)43-3;13-6-5-12-4-2-9(11-8(12)14)1-3-10-7-9/h5-6,9-14,27H,4,7-8H2,1-3H3,(H,36,37);10,13H,1-7H2,(H,11,14). The Hall–Kier alpha value is -5.09. The molecule has 5 aromatic rings. The van der Waals surface area contributed by atoms with Gasteiger partial charge in [-0.1, -0.05) is 53.5 Å². The molecule has 2 aliphatic heterocycles. The van der Waals surface area contributed by atoms with Gasteiger partial charge in [-0.15, -0.1) is 0 Å². The maximum atomic E-state index is 13.8. The van der Waals surface area contributed by atoms with E-state index in [-0.39, 0.29) is 39.9 Å². The van der Waals surface area contributed by atoms with Crippen molar-refractivity contribution in [2.45, 2.75) is 44.1 Å². The molecule has 0 radical (unpaired) electrons. The van der Waals surface area contributed by atoms with Gasteiger partial charge in [0.25, 0.3) is 12.0 Å². The summed E-state index contributed by atoms with van der Waals surface area (Å²) in [4.78, 5) is 47.7. The van der Waals surface area contributed by atoms with Gasteiger partial charge in [0.05, 0.1) is 46.2 Å². The highest BCUT2D eigenvalue weighted by Gasteiger charge is 2.40. The summed E-state index contributed by atoms with van der Waals surface area (Å²) >= 11 is 13.9. The van der Waals surface area contributed by atoms with Crippen LogP contribution in [0.4, 0.5) is 25.1 Å². The normalized spacial score (nSPS) is 17.5. The zero-order chi connectivity index (χ0) is 40.6. The molecule has 3 aromatic heterocycles. The fourth-order valence-corrected chi connectivity index (χ4v) is 8.38. The van der Waals surface area contributed by atoms with Crippen molar-refractivity contribution in [1.29, 1.82) is 0 Å². The lowest BCUT2D eigenvalue weighted by atomic mass is 9.92. The second kappa shape index (κ2) is 16.4. The van der Waals surface area contributed by atoms with Crippen LogP contribution in [-0.2, 0) is 26.9 Å². The number of ether oxygens (including phenoxy) is 1. The lowest BCUT2D eigenvalue weighted by molar-refractivity contribution is 0.136. The van der Waals surface area contributed by atoms with Crippen LogP contribution in [0.1, 0.15) is 42.5 Å². The van der Waals surface area contributed by atoms with Gasteiger partial charge in [-0.3, -0.25) is 13.9 Å². The van der Waals surface area contributed by atoms with E-state index in [2.05, 4.69) is 20.9 Å². The summed E-state index contributed by atoms with van der Waals surface area (Å²) in [6.45, 7) is 3.11. The van der Waals surface area contributed by atoms with E-state index in [1.165, 1.54) is 19.7 Å². The zero-order valence-electron chi connectivity index (χ0n) is 31.6. The van der Waals surface area contributed by atoms with Crippen LogP contribution in [0.5, 0.6) is 5.88 Å². The van der Waals surface area contributed by atoms with Crippen LogP contribution in [0.15, 0.2) is 58.1 Å². The maximum absolute atomic E-state index is 13.8. The number of rotatable bonds is 8. The number of nitrogens with zero attached hydrogens (tertiary/aromatic N) is 5. The molecule has 1 aliphatic carbocycles. The van der Waals surface area contributed by atoms with Gasteiger partial charge >= 0.3 is 11.7 Å². The number of halogens is 4. The van der Waals surface area contributed by atoms with Crippen molar-refractivity contribution in [3.05, 3.63) is 96.2 Å². The van der Waals surface area contributed by atoms with Crippen molar-refractivity contribution in [2.24, 2.45) is 14.1 Å². The molecule has 1 unspecified atom stereocenters. The van der Waals surface area contributed by atoms with Gasteiger partial charge in [-0.2, -0.15) is 0 Å². The lowest BCUT2D eigenvalue weighted by Gasteiger charge is -2.39. The summed E-state index contributed by atoms with van der Waals surface area (Å²) in [7, 11) is 4.31. The molecule has 1 atom stereocenters. The van der Waals surface area contributed by atoms with Gasteiger partial charge in [0.2, 0.25) is 5.88 Å². The van der Waals surface area contributed by atoms with Crippen molar-refractivity contribution < 1.29 is 23.4 Å². The highest BCUT2D eigenvalue weighted by atomic mass is 35.5. The molecular weight excluding hydrogens is 781 g/mol. The van der Waals surface area contributed by atoms with Crippen molar-refractivity contribution in [3.63, 3.8) is 0 Å². The van der Waals surface area contributed by atoms with E-state index < -0.39 is 23.4 Å². The number of alkyl halides is 2. The Labute approximate surface area is 336 Å². The van der Waals surface area contributed by atoms with E-state index in [0.717, 1.165) is 72.5 Å². The summed E-state index contributed by atoms with van der Waals surface area (Å²) in [6, 6.07) is 13.7. The number of benzene rings is 2. The number of amides is 2. The minimum Gasteiger partial charge on any atom is -0.481 e. The number of aliphatic hydroxyl groups is 1. The van der Waals surface area contributed by atoms with Crippen molar-refractivity contribution in [1.82, 2.24) is 34.6 Å². The number of aromatic nitrogens is 4. The fraction of sp³-hybridized carbons (Fsp3) is 0.375. The van der Waals surface area contributed by atoms with Gasteiger partial charge in [-0.05, 0) is 62.4 Å². The van der Waals surface area contributed by atoms with Crippen molar-refractivity contribution in [3.8, 4) is 28.3 Å². The molecule has 0 bridgehead atoms.